The predicted molar refractivity (Wildman–Crippen MR) is 197 cm³/mol. The van der Waals surface area contributed by atoms with Crippen LogP contribution in [0.1, 0.15) is 35.4 Å². The van der Waals surface area contributed by atoms with E-state index in [1.54, 1.807) is 61.7 Å². The summed E-state index contributed by atoms with van der Waals surface area (Å²) in [7, 11) is 2.98. The number of benzene rings is 4. The summed E-state index contributed by atoms with van der Waals surface area (Å²) in [6.45, 7) is 0.138. The quantitative estimate of drug-likeness (QED) is 0.147. The largest absolute Gasteiger partial charge is 0.504 e. The summed E-state index contributed by atoms with van der Waals surface area (Å²) in [6.07, 6.45) is 2.37. The number of fused-ring (bicyclic) bond motifs is 4. The highest BCUT2D eigenvalue weighted by atomic mass is 35.5. The van der Waals surface area contributed by atoms with Gasteiger partial charge in [-0.3, -0.25) is 29.5 Å². The van der Waals surface area contributed by atoms with Crippen molar-refractivity contribution >= 4 is 52.5 Å². The number of likely N-dealkylation sites (tertiary alicyclic amines) is 1. The molecule has 4 amide bonds. The standard InChI is InChI=1S/C41H35Cl2N3O7/c1-52-26-12-9-24(10-13-26)41-30(38(49)46(40(41)51)44-32-16-11-25(42)19-31(32)43)20-29-27(36(41)23-8-17-34(53-2)33(47)18-23)14-15-28-35(29)39(50)45(37(28)48)21-22-6-4-3-5-7-22/h3-14,16-19,28-30,35-36,44,47H,15,20-21H2,1-2H3/t28-,29+,30-,35-,36-,41+/m0/s1. The highest BCUT2D eigenvalue weighted by molar-refractivity contribution is 6.36. The number of methoxy groups -OCH3 is 2. The van der Waals surface area contributed by atoms with Gasteiger partial charge in [-0.15, -0.1) is 0 Å². The number of carbonyl (C=O) groups is 4. The number of halogens is 2. The van der Waals surface area contributed by atoms with Crippen LogP contribution in [0.25, 0.3) is 0 Å². The maximum absolute atomic E-state index is 15.4. The summed E-state index contributed by atoms with van der Waals surface area (Å²) in [5.41, 5.74) is 4.42. The monoisotopic (exact) mass is 751 g/mol. The molecule has 2 heterocycles. The number of rotatable bonds is 8. The number of amides is 4. The SMILES string of the molecule is COc1ccc([C@@]23C(=O)N(Nc4ccc(Cl)cc4Cl)C(=O)[C@@H]2C[C@@H]2C(=CC[C@@H]4C(=O)N(Cc5ccccc5)C(=O)[C@@H]42)[C@@H]3c2ccc(OC)c(O)c2)cc1. The van der Waals surface area contributed by atoms with Crippen LogP contribution >= 0.6 is 23.2 Å². The van der Waals surface area contributed by atoms with Crippen LogP contribution in [-0.4, -0.2) is 52.9 Å². The summed E-state index contributed by atoms with van der Waals surface area (Å²) in [6, 6.07) is 26.0. The van der Waals surface area contributed by atoms with Gasteiger partial charge in [-0.05, 0) is 77.9 Å². The van der Waals surface area contributed by atoms with Crippen molar-refractivity contribution in [3.05, 3.63) is 129 Å². The molecule has 2 aliphatic carbocycles. The number of hydrazine groups is 1. The van der Waals surface area contributed by atoms with E-state index < -0.39 is 46.8 Å². The minimum absolute atomic E-state index is 0.118. The van der Waals surface area contributed by atoms with Crippen LogP contribution in [0.4, 0.5) is 5.69 Å². The van der Waals surface area contributed by atoms with Crippen LogP contribution in [0.5, 0.6) is 17.2 Å². The second-order valence-electron chi connectivity index (χ2n) is 13.9. The Morgan fingerprint density at radius 1 is 0.849 bits per heavy atom. The van der Waals surface area contributed by atoms with Gasteiger partial charge in [0, 0.05) is 10.9 Å². The van der Waals surface area contributed by atoms with Gasteiger partial charge in [0.15, 0.2) is 11.5 Å². The number of imide groups is 2. The number of nitrogens with one attached hydrogen (secondary N) is 1. The van der Waals surface area contributed by atoms with E-state index in [2.05, 4.69) is 5.43 Å². The molecule has 2 N–H and O–H groups in total. The summed E-state index contributed by atoms with van der Waals surface area (Å²) < 4.78 is 10.8. The first-order chi connectivity index (χ1) is 25.6. The Kier molecular flexibility index (Phi) is 8.70. The predicted octanol–water partition coefficient (Wildman–Crippen LogP) is 6.90. The number of hydrogen-bond donors (Lipinski definition) is 2. The Balaban J connectivity index is 1.31. The van der Waals surface area contributed by atoms with E-state index in [4.69, 9.17) is 32.7 Å². The second kappa shape index (κ2) is 13.3. The number of ether oxygens (including phenoxy) is 2. The molecule has 0 radical (unpaired) electrons. The van der Waals surface area contributed by atoms with E-state index >= 15 is 4.79 Å². The first-order valence-electron chi connectivity index (χ1n) is 17.3. The number of hydrogen-bond acceptors (Lipinski definition) is 8. The molecule has 270 valence electrons. The highest BCUT2D eigenvalue weighted by Crippen LogP contribution is 2.64. The Labute approximate surface area is 315 Å². The van der Waals surface area contributed by atoms with Gasteiger partial charge in [0.1, 0.15) is 5.75 Å². The van der Waals surface area contributed by atoms with Crippen molar-refractivity contribution in [2.45, 2.75) is 30.7 Å². The molecule has 0 spiro atoms. The molecule has 0 bridgehead atoms. The number of phenols is 1. The molecule has 4 aromatic carbocycles. The summed E-state index contributed by atoms with van der Waals surface area (Å²) in [4.78, 5) is 60.0. The van der Waals surface area contributed by atoms with Gasteiger partial charge < -0.3 is 14.6 Å². The molecular weight excluding hydrogens is 717 g/mol. The lowest BCUT2D eigenvalue weighted by atomic mass is 9.49. The maximum Gasteiger partial charge on any atom is 0.260 e. The fourth-order valence-electron chi connectivity index (χ4n) is 9.09. The van der Waals surface area contributed by atoms with E-state index in [-0.39, 0.29) is 47.7 Å². The molecule has 0 unspecified atom stereocenters. The molecule has 6 atom stereocenters. The number of carbonyl (C=O) groups excluding carboxylic acids is 4. The van der Waals surface area contributed by atoms with E-state index in [1.165, 1.54) is 18.1 Å². The molecule has 3 fully saturated rings. The smallest absolute Gasteiger partial charge is 0.260 e. The fraction of sp³-hybridized carbons (Fsp3) is 0.268. The molecule has 53 heavy (non-hydrogen) atoms. The lowest BCUT2D eigenvalue weighted by molar-refractivity contribution is -0.142. The zero-order chi connectivity index (χ0) is 37.2. The Bertz CT molecular complexity index is 2190. The normalized spacial score (nSPS) is 26.2. The Morgan fingerprint density at radius 2 is 1.60 bits per heavy atom. The lowest BCUT2D eigenvalue weighted by Gasteiger charge is -2.50. The first-order valence-corrected chi connectivity index (χ1v) is 18.0. The zero-order valence-corrected chi connectivity index (χ0v) is 30.3. The van der Waals surface area contributed by atoms with Crippen LogP contribution in [0.3, 0.4) is 0 Å². The molecule has 8 rings (SSSR count). The van der Waals surface area contributed by atoms with Crippen LogP contribution in [0.15, 0.2) is 103 Å². The van der Waals surface area contributed by atoms with Crippen LogP contribution in [0.2, 0.25) is 10.0 Å². The van der Waals surface area contributed by atoms with Crippen molar-refractivity contribution < 1.29 is 33.8 Å². The molecule has 4 aliphatic rings. The van der Waals surface area contributed by atoms with E-state index in [0.29, 0.717) is 27.6 Å². The summed E-state index contributed by atoms with van der Waals surface area (Å²) >= 11 is 12.7. The van der Waals surface area contributed by atoms with Crippen molar-refractivity contribution in [1.29, 1.82) is 0 Å². The Morgan fingerprint density at radius 3 is 2.28 bits per heavy atom. The number of nitrogens with zero attached hydrogens (tertiary/aromatic N) is 2. The molecule has 12 heteroatoms. The summed E-state index contributed by atoms with van der Waals surface area (Å²) in [5, 5.41) is 12.7. The molecule has 1 saturated carbocycles. The topological polar surface area (TPSA) is 125 Å². The van der Waals surface area contributed by atoms with Crippen molar-refractivity contribution in [2.24, 2.45) is 23.7 Å². The van der Waals surface area contributed by atoms with Gasteiger partial charge >= 0.3 is 0 Å². The third-order valence-electron chi connectivity index (χ3n) is 11.4. The highest BCUT2D eigenvalue weighted by Gasteiger charge is 2.70. The van der Waals surface area contributed by atoms with Gasteiger partial charge in [0.05, 0.1) is 54.6 Å². The number of anilines is 1. The van der Waals surface area contributed by atoms with Crippen molar-refractivity contribution in [2.75, 3.05) is 19.6 Å². The van der Waals surface area contributed by atoms with Crippen molar-refractivity contribution in [3.8, 4) is 17.2 Å². The number of allylic oxidation sites excluding steroid dienone is 2. The third kappa shape index (κ3) is 5.37. The second-order valence-corrected chi connectivity index (χ2v) is 14.7. The van der Waals surface area contributed by atoms with Gasteiger partial charge in [0.2, 0.25) is 11.8 Å². The lowest BCUT2D eigenvalue weighted by Crippen LogP contribution is -2.53. The Hall–Kier alpha value is -5.32. The van der Waals surface area contributed by atoms with Gasteiger partial charge in [-0.2, -0.15) is 5.01 Å². The molecule has 2 saturated heterocycles. The van der Waals surface area contributed by atoms with Crippen molar-refractivity contribution in [3.63, 3.8) is 0 Å². The van der Waals surface area contributed by atoms with Gasteiger partial charge in [-0.1, -0.05) is 83.4 Å². The van der Waals surface area contributed by atoms with E-state index in [1.807, 2.05) is 36.4 Å². The van der Waals surface area contributed by atoms with Gasteiger partial charge in [-0.25, -0.2) is 0 Å². The molecule has 2 aliphatic heterocycles. The fourth-order valence-corrected chi connectivity index (χ4v) is 9.54. The molecule has 4 aromatic rings. The zero-order valence-electron chi connectivity index (χ0n) is 28.8. The minimum atomic E-state index is -1.55. The first kappa shape index (κ1) is 34.7. The average Bonchev–Trinajstić information content (AvgIpc) is 3.53. The van der Waals surface area contributed by atoms with E-state index in [9.17, 15) is 19.5 Å². The number of aromatic hydroxyl groups is 1. The van der Waals surface area contributed by atoms with E-state index in [0.717, 1.165) is 16.1 Å². The third-order valence-corrected chi connectivity index (χ3v) is 11.9. The maximum atomic E-state index is 15.4. The van der Waals surface area contributed by atoms with Crippen molar-refractivity contribution in [1.82, 2.24) is 9.91 Å². The molecule has 10 nitrogen and oxygen atoms in total. The van der Waals surface area contributed by atoms with Crippen LogP contribution < -0.4 is 14.9 Å². The minimum Gasteiger partial charge on any atom is -0.504 e. The molecule has 0 aromatic heterocycles. The molecular formula is C41H35Cl2N3O7. The van der Waals surface area contributed by atoms with Crippen LogP contribution in [-0.2, 0) is 31.1 Å². The summed E-state index contributed by atoms with van der Waals surface area (Å²) in [5.74, 6) is -4.72. The number of phenolic OH excluding ortho intramolecular Hbond substituents is 1. The van der Waals surface area contributed by atoms with Crippen LogP contribution in [0, 0.1) is 23.7 Å². The van der Waals surface area contributed by atoms with Gasteiger partial charge in [0.25, 0.3) is 11.8 Å². The average molecular weight is 753 g/mol.